The van der Waals surface area contributed by atoms with Gasteiger partial charge in [-0.15, -0.1) is 0 Å². The lowest BCUT2D eigenvalue weighted by molar-refractivity contribution is -0.121. The van der Waals surface area contributed by atoms with Crippen molar-refractivity contribution in [1.29, 1.82) is 0 Å². The Morgan fingerprint density at radius 3 is 2.80 bits per heavy atom. The molecular weight excluding hydrogens is 255 g/mol. The summed E-state index contributed by atoms with van der Waals surface area (Å²) in [4.78, 5) is 15.9. The Morgan fingerprint density at radius 2 is 2.05 bits per heavy atom. The molecule has 104 valence electrons. The van der Waals surface area contributed by atoms with Gasteiger partial charge in [0.05, 0.1) is 0 Å². The van der Waals surface area contributed by atoms with Crippen LogP contribution in [-0.2, 0) is 17.6 Å². The Hall–Kier alpha value is -2.23. The zero-order valence-corrected chi connectivity index (χ0v) is 11.2. The molecule has 4 heteroatoms. The molecule has 0 aliphatic heterocycles. The van der Waals surface area contributed by atoms with Gasteiger partial charge in [-0.05, 0) is 36.2 Å². The number of nitrogens with one attached hydrogen (secondary N) is 1. The quantitative estimate of drug-likeness (QED) is 0.878. The van der Waals surface area contributed by atoms with Crippen molar-refractivity contribution < 1.29 is 9.18 Å². The molecule has 0 unspecified atom stereocenters. The van der Waals surface area contributed by atoms with Crippen molar-refractivity contribution in [1.82, 2.24) is 10.3 Å². The van der Waals surface area contributed by atoms with E-state index in [1.165, 1.54) is 12.1 Å². The Balaban J connectivity index is 1.68. The summed E-state index contributed by atoms with van der Waals surface area (Å²) < 4.78 is 13.0. The second kappa shape index (κ2) is 7.38. The van der Waals surface area contributed by atoms with Crippen molar-refractivity contribution in [3.63, 3.8) is 0 Å². The molecule has 2 rings (SSSR count). The van der Waals surface area contributed by atoms with Gasteiger partial charge in [0, 0.05) is 31.3 Å². The first-order chi connectivity index (χ1) is 9.74. The summed E-state index contributed by atoms with van der Waals surface area (Å²) in [6.45, 7) is 0.568. The van der Waals surface area contributed by atoms with Gasteiger partial charge in [0.25, 0.3) is 0 Å². The maximum Gasteiger partial charge on any atom is 0.220 e. The van der Waals surface area contributed by atoms with E-state index in [9.17, 15) is 9.18 Å². The standard InChI is InChI=1S/C16H17FN2O/c17-14-5-3-4-13(12-14)7-8-16(20)19-11-9-15-6-1-2-10-18-15/h1-6,10,12H,7-9,11H2,(H,19,20). The van der Waals surface area contributed by atoms with E-state index in [0.29, 0.717) is 25.8 Å². The largest absolute Gasteiger partial charge is 0.356 e. The number of benzene rings is 1. The van der Waals surface area contributed by atoms with Gasteiger partial charge < -0.3 is 5.32 Å². The monoisotopic (exact) mass is 272 g/mol. The van der Waals surface area contributed by atoms with E-state index >= 15 is 0 Å². The molecule has 1 aromatic carbocycles. The number of hydrogen-bond donors (Lipinski definition) is 1. The average Bonchev–Trinajstić information content (AvgIpc) is 2.46. The van der Waals surface area contributed by atoms with Crippen LogP contribution in [0.3, 0.4) is 0 Å². The molecule has 0 spiro atoms. The minimum Gasteiger partial charge on any atom is -0.356 e. The highest BCUT2D eigenvalue weighted by Crippen LogP contribution is 2.06. The molecule has 3 nitrogen and oxygen atoms in total. The van der Waals surface area contributed by atoms with Crippen LogP contribution in [-0.4, -0.2) is 17.4 Å². The number of aromatic nitrogens is 1. The SMILES string of the molecule is O=C(CCc1cccc(F)c1)NCCc1ccccn1. The molecule has 0 aliphatic rings. The molecule has 0 saturated carbocycles. The van der Waals surface area contributed by atoms with E-state index in [1.807, 2.05) is 24.3 Å². The fourth-order valence-corrected chi connectivity index (χ4v) is 1.91. The number of aryl methyl sites for hydroxylation is 1. The lowest BCUT2D eigenvalue weighted by Crippen LogP contribution is -2.26. The highest BCUT2D eigenvalue weighted by Gasteiger charge is 2.03. The van der Waals surface area contributed by atoms with Gasteiger partial charge in [0.1, 0.15) is 5.82 Å². The van der Waals surface area contributed by atoms with Crippen LogP contribution in [0.4, 0.5) is 4.39 Å². The Labute approximate surface area is 117 Å². The lowest BCUT2D eigenvalue weighted by atomic mass is 10.1. The molecule has 1 heterocycles. The van der Waals surface area contributed by atoms with Crippen molar-refractivity contribution in [2.24, 2.45) is 0 Å². The third-order valence-electron chi connectivity index (χ3n) is 2.96. The molecule has 0 radical (unpaired) electrons. The number of hydrogen-bond acceptors (Lipinski definition) is 2. The first kappa shape index (κ1) is 14.2. The van der Waals surface area contributed by atoms with E-state index in [4.69, 9.17) is 0 Å². The maximum absolute atomic E-state index is 13.0. The minimum atomic E-state index is -0.266. The number of nitrogens with zero attached hydrogens (tertiary/aromatic N) is 1. The number of halogens is 1. The predicted molar refractivity (Wildman–Crippen MR) is 75.7 cm³/mol. The lowest BCUT2D eigenvalue weighted by Gasteiger charge is -2.05. The van der Waals surface area contributed by atoms with Crippen LogP contribution >= 0.6 is 0 Å². The van der Waals surface area contributed by atoms with Gasteiger partial charge >= 0.3 is 0 Å². The molecule has 20 heavy (non-hydrogen) atoms. The van der Waals surface area contributed by atoms with Crippen LogP contribution in [0.1, 0.15) is 17.7 Å². The summed E-state index contributed by atoms with van der Waals surface area (Å²) in [5, 5.41) is 2.84. The summed E-state index contributed by atoms with van der Waals surface area (Å²) in [5.41, 5.74) is 1.79. The van der Waals surface area contributed by atoms with Crippen LogP contribution in [0.5, 0.6) is 0 Å². The zero-order valence-electron chi connectivity index (χ0n) is 11.2. The van der Waals surface area contributed by atoms with Crippen LogP contribution < -0.4 is 5.32 Å². The molecule has 0 bridgehead atoms. The molecule has 1 N–H and O–H groups in total. The minimum absolute atomic E-state index is 0.0230. The molecule has 1 amide bonds. The van der Waals surface area contributed by atoms with Crippen LogP contribution in [0, 0.1) is 5.82 Å². The van der Waals surface area contributed by atoms with Gasteiger partial charge in [-0.3, -0.25) is 9.78 Å². The van der Waals surface area contributed by atoms with Crippen molar-refractivity contribution >= 4 is 5.91 Å². The van der Waals surface area contributed by atoms with Crippen molar-refractivity contribution in [2.75, 3.05) is 6.54 Å². The van der Waals surface area contributed by atoms with Gasteiger partial charge in [0.15, 0.2) is 0 Å². The van der Waals surface area contributed by atoms with Crippen LogP contribution in [0.2, 0.25) is 0 Å². The highest BCUT2D eigenvalue weighted by molar-refractivity contribution is 5.76. The molecule has 2 aromatic rings. The van der Waals surface area contributed by atoms with E-state index in [2.05, 4.69) is 10.3 Å². The highest BCUT2D eigenvalue weighted by atomic mass is 19.1. The van der Waals surface area contributed by atoms with E-state index in [1.54, 1.807) is 12.3 Å². The molecule has 1 aromatic heterocycles. The number of carbonyl (C=O) groups is 1. The average molecular weight is 272 g/mol. The molecular formula is C16H17FN2O. The Kier molecular flexibility index (Phi) is 5.24. The van der Waals surface area contributed by atoms with Crippen LogP contribution in [0.25, 0.3) is 0 Å². The summed E-state index contributed by atoms with van der Waals surface area (Å²) in [7, 11) is 0. The van der Waals surface area contributed by atoms with Crippen LogP contribution in [0.15, 0.2) is 48.7 Å². The third kappa shape index (κ3) is 4.80. The van der Waals surface area contributed by atoms with Crippen molar-refractivity contribution in [2.45, 2.75) is 19.3 Å². The zero-order chi connectivity index (χ0) is 14.2. The van der Waals surface area contributed by atoms with E-state index in [0.717, 1.165) is 11.3 Å². The second-order valence-electron chi connectivity index (χ2n) is 4.55. The van der Waals surface area contributed by atoms with Gasteiger partial charge in [-0.25, -0.2) is 4.39 Å². The summed E-state index contributed by atoms with van der Waals surface area (Å²) in [6.07, 6.45) is 3.37. The smallest absolute Gasteiger partial charge is 0.220 e. The number of carbonyl (C=O) groups excluding carboxylic acids is 1. The van der Waals surface area contributed by atoms with E-state index < -0.39 is 0 Å². The fourth-order valence-electron chi connectivity index (χ4n) is 1.91. The first-order valence-electron chi connectivity index (χ1n) is 6.65. The topological polar surface area (TPSA) is 42.0 Å². The normalized spacial score (nSPS) is 10.2. The predicted octanol–water partition coefficient (Wildman–Crippen LogP) is 2.51. The molecule has 0 atom stereocenters. The summed E-state index contributed by atoms with van der Waals surface area (Å²) >= 11 is 0. The fraction of sp³-hybridized carbons (Fsp3) is 0.250. The van der Waals surface area contributed by atoms with Gasteiger partial charge in [0.2, 0.25) is 5.91 Å². The molecule has 0 saturated heterocycles. The van der Waals surface area contributed by atoms with Crippen molar-refractivity contribution in [3.8, 4) is 0 Å². The molecule has 0 aliphatic carbocycles. The summed E-state index contributed by atoms with van der Waals surface area (Å²) in [5.74, 6) is -0.289. The third-order valence-corrected chi connectivity index (χ3v) is 2.96. The van der Waals surface area contributed by atoms with E-state index in [-0.39, 0.29) is 11.7 Å². The maximum atomic E-state index is 13.0. The Morgan fingerprint density at radius 1 is 1.15 bits per heavy atom. The number of pyridine rings is 1. The van der Waals surface area contributed by atoms with Crippen molar-refractivity contribution in [3.05, 3.63) is 65.7 Å². The molecule has 0 fully saturated rings. The van der Waals surface area contributed by atoms with Gasteiger partial charge in [-0.2, -0.15) is 0 Å². The number of amides is 1. The summed E-state index contributed by atoms with van der Waals surface area (Å²) in [6, 6.07) is 12.1. The van der Waals surface area contributed by atoms with Gasteiger partial charge in [-0.1, -0.05) is 18.2 Å². The number of rotatable bonds is 6. The Bertz CT molecular complexity index is 557. The first-order valence-corrected chi connectivity index (χ1v) is 6.65. The second-order valence-corrected chi connectivity index (χ2v) is 4.55.